The summed E-state index contributed by atoms with van der Waals surface area (Å²) >= 11 is 0. The predicted molar refractivity (Wildman–Crippen MR) is 68.5 cm³/mol. The standard InChI is InChI=1S/C12H14F2N2O3S/c1-15-20(18,19)6-11(17)16-10-5-8(10)7-3-2-4-9(13)12(7)14/h2-4,8,10,15H,5-6H2,1H3,(H,16,17)/t8-,10-/m1/s1. The molecule has 2 atom stereocenters. The SMILES string of the molecule is CNS(=O)(=O)CC(=O)N[C@@H]1C[C@@H]1c1cccc(F)c1F. The molecule has 1 aliphatic carbocycles. The van der Waals surface area contributed by atoms with Gasteiger partial charge in [0.2, 0.25) is 15.9 Å². The lowest BCUT2D eigenvalue weighted by Gasteiger charge is -2.06. The fourth-order valence-corrected chi connectivity index (χ4v) is 2.57. The Bertz CT molecular complexity index is 634. The average Bonchev–Trinajstić information content (AvgIpc) is 3.11. The van der Waals surface area contributed by atoms with E-state index in [2.05, 4.69) is 5.32 Å². The van der Waals surface area contributed by atoms with Gasteiger partial charge in [0.15, 0.2) is 11.6 Å². The van der Waals surface area contributed by atoms with Crippen LogP contribution >= 0.6 is 0 Å². The molecule has 0 bridgehead atoms. The topological polar surface area (TPSA) is 75.3 Å². The van der Waals surface area contributed by atoms with Crippen LogP contribution in [0.5, 0.6) is 0 Å². The summed E-state index contributed by atoms with van der Waals surface area (Å²) in [5.41, 5.74) is 0.201. The van der Waals surface area contributed by atoms with Crippen molar-refractivity contribution in [2.75, 3.05) is 12.8 Å². The van der Waals surface area contributed by atoms with E-state index in [1.54, 1.807) is 0 Å². The summed E-state index contributed by atoms with van der Waals surface area (Å²) < 4.78 is 51.0. The van der Waals surface area contributed by atoms with Gasteiger partial charge in [-0.15, -0.1) is 0 Å². The highest BCUT2D eigenvalue weighted by Crippen LogP contribution is 2.42. The second kappa shape index (κ2) is 5.45. The third-order valence-corrected chi connectivity index (χ3v) is 4.41. The molecule has 1 amide bonds. The third kappa shape index (κ3) is 3.31. The molecule has 5 nitrogen and oxygen atoms in total. The summed E-state index contributed by atoms with van der Waals surface area (Å²) in [6.45, 7) is 0. The Balaban J connectivity index is 1.96. The van der Waals surface area contributed by atoms with Crippen molar-refractivity contribution in [3.63, 3.8) is 0 Å². The van der Waals surface area contributed by atoms with Crippen LogP contribution in [-0.2, 0) is 14.8 Å². The van der Waals surface area contributed by atoms with Gasteiger partial charge in [-0.1, -0.05) is 12.1 Å². The van der Waals surface area contributed by atoms with E-state index in [0.717, 1.165) is 6.07 Å². The number of halogens is 2. The number of rotatable bonds is 5. The molecule has 110 valence electrons. The van der Waals surface area contributed by atoms with Crippen molar-refractivity contribution in [2.24, 2.45) is 0 Å². The quantitative estimate of drug-likeness (QED) is 0.831. The molecule has 1 aromatic carbocycles. The molecule has 0 unspecified atom stereocenters. The van der Waals surface area contributed by atoms with Crippen molar-refractivity contribution in [2.45, 2.75) is 18.4 Å². The molecule has 0 saturated heterocycles. The molecule has 1 aromatic rings. The number of hydrogen-bond acceptors (Lipinski definition) is 3. The van der Waals surface area contributed by atoms with E-state index in [1.165, 1.54) is 19.2 Å². The van der Waals surface area contributed by atoms with E-state index in [1.807, 2.05) is 4.72 Å². The monoisotopic (exact) mass is 304 g/mol. The fraction of sp³-hybridized carbons (Fsp3) is 0.417. The van der Waals surface area contributed by atoms with Crippen LogP contribution in [0.2, 0.25) is 0 Å². The maximum absolute atomic E-state index is 13.5. The van der Waals surface area contributed by atoms with Crippen molar-refractivity contribution in [3.8, 4) is 0 Å². The minimum absolute atomic E-state index is 0.201. The molecule has 0 aromatic heterocycles. The first-order valence-electron chi connectivity index (χ1n) is 5.98. The zero-order chi connectivity index (χ0) is 14.9. The van der Waals surface area contributed by atoms with Gasteiger partial charge in [0, 0.05) is 12.0 Å². The van der Waals surface area contributed by atoms with Gasteiger partial charge in [-0.25, -0.2) is 21.9 Å². The zero-order valence-electron chi connectivity index (χ0n) is 10.7. The molecule has 8 heteroatoms. The molecular weight excluding hydrogens is 290 g/mol. The predicted octanol–water partition coefficient (Wildman–Crippen LogP) is 0.486. The molecule has 20 heavy (non-hydrogen) atoms. The van der Waals surface area contributed by atoms with Gasteiger partial charge in [0.1, 0.15) is 5.75 Å². The van der Waals surface area contributed by atoms with E-state index >= 15 is 0 Å². The van der Waals surface area contributed by atoms with Gasteiger partial charge in [0.25, 0.3) is 0 Å². The lowest BCUT2D eigenvalue weighted by Crippen LogP contribution is -2.36. The first-order chi connectivity index (χ1) is 9.34. The molecule has 0 heterocycles. The normalized spacial score (nSPS) is 21.6. The summed E-state index contributed by atoms with van der Waals surface area (Å²) in [7, 11) is -2.42. The molecule has 1 aliphatic rings. The zero-order valence-corrected chi connectivity index (χ0v) is 11.5. The van der Waals surface area contributed by atoms with Crippen molar-refractivity contribution in [1.82, 2.24) is 10.0 Å². The number of sulfonamides is 1. The minimum Gasteiger partial charge on any atom is -0.352 e. The van der Waals surface area contributed by atoms with E-state index in [0.29, 0.717) is 6.42 Å². The highest BCUT2D eigenvalue weighted by atomic mass is 32.2. The lowest BCUT2D eigenvalue weighted by molar-refractivity contribution is -0.118. The van der Waals surface area contributed by atoms with Crippen LogP contribution < -0.4 is 10.0 Å². The van der Waals surface area contributed by atoms with Crippen LogP contribution in [0.15, 0.2) is 18.2 Å². The second-order valence-electron chi connectivity index (χ2n) is 4.62. The molecule has 2 rings (SSSR count). The smallest absolute Gasteiger partial charge is 0.236 e. The summed E-state index contributed by atoms with van der Waals surface area (Å²) in [6, 6.07) is 3.52. The summed E-state index contributed by atoms with van der Waals surface area (Å²) in [5, 5.41) is 2.49. The Morgan fingerprint density at radius 3 is 2.75 bits per heavy atom. The van der Waals surface area contributed by atoms with Crippen LogP contribution in [0.4, 0.5) is 8.78 Å². The van der Waals surface area contributed by atoms with Gasteiger partial charge in [-0.2, -0.15) is 0 Å². The van der Waals surface area contributed by atoms with Crippen molar-refractivity contribution in [1.29, 1.82) is 0 Å². The largest absolute Gasteiger partial charge is 0.352 e. The molecule has 2 N–H and O–H groups in total. The molecular formula is C12H14F2N2O3S. The Morgan fingerprint density at radius 2 is 2.10 bits per heavy atom. The Hall–Kier alpha value is -1.54. The number of carbonyl (C=O) groups excluding carboxylic acids is 1. The minimum atomic E-state index is -3.63. The molecule has 0 aliphatic heterocycles. The number of hydrogen-bond donors (Lipinski definition) is 2. The number of benzene rings is 1. The second-order valence-corrected chi connectivity index (χ2v) is 6.55. The molecule has 0 spiro atoms. The molecule has 0 radical (unpaired) electrons. The maximum Gasteiger partial charge on any atom is 0.236 e. The van der Waals surface area contributed by atoms with Crippen LogP contribution in [0.1, 0.15) is 17.9 Å². The van der Waals surface area contributed by atoms with Gasteiger partial charge in [-0.3, -0.25) is 4.79 Å². The summed E-state index contributed by atoms with van der Waals surface area (Å²) in [4.78, 5) is 11.5. The Kier molecular flexibility index (Phi) is 4.05. The van der Waals surface area contributed by atoms with E-state index < -0.39 is 33.3 Å². The van der Waals surface area contributed by atoms with Crippen LogP contribution in [-0.4, -0.2) is 33.2 Å². The lowest BCUT2D eigenvalue weighted by atomic mass is 10.1. The Morgan fingerprint density at radius 1 is 1.40 bits per heavy atom. The fourth-order valence-electron chi connectivity index (χ4n) is 2.00. The maximum atomic E-state index is 13.5. The average molecular weight is 304 g/mol. The Labute approximate surface area is 115 Å². The first-order valence-corrected chi connectivity index (χ1v) is 7.64. The van der Waals surface area contributed by atoms with Crippen molar-refractivity contribution in [3.05, 3.63) is 35.4 Å². The summed E-state index contributed by atoms with van der Waals surface area (Å²) in [5.74, 6) is -3.51. The molecule has 1 saturated carbocycles. The number of nitrogens with one attached hydrogen (secondary N) is 2. The summed E-state index contributed by atoms with van der Waals surface area (Å²) in [6.07, 6.45) is 0.464. The van der Waals surface area contributed by atoms with E-state index in [4.69, 9.17) is 0 Å². The van der Waals surface area contributed by atoms with Gasteiger partial charge >= 0.3 is 0 Å². The van der Waals surface area contributed by atoms with Gasteiger partial charge < -0.3 is 5.32 Å². The molecule has 1 fully saturated rings. The van der Waals surface area contributed by atoms with Gasteiger partial charge in [0.05, 0.1) is 0 Å². The van der Waals surface area contributed by atoms with Crippen LogP contribution in [0.25, 0.3) is 0 Å². The van der Waals surface area contributed by atoms with E-state index in [-0.39, 0.29) is 17.5 Å². The highest BCUT2D eigenvalue weighted by Gasteiger charge is 2.41. The van der Waals surface area contributed by atoms with Crippen LogP contribution in [0, 0.1) is 11.6 Å². The van der Waals surface area contributed by atoms with Crippen LogP contribution in [0.3, 0.4) is 0 Å². The number of amides is 1. The van der Waals surface area contributed by atoms with E-state index in [9.17, 15) is 22.0 Å². The van der Waals surface area contributed by atoms with Crippen molar-refractivity contribution < 1.29 is 22.0 Å². The number of carbonyl (C=O) groups is 1. The third-order valence-electron chi connectivity index (χ3n) is 3.15. The highest BCUT2D eigenvalue weighted by molar-refractivity contribution is 7.90. The van der Waals surface area contributed by atoms with Gasteiger partial charge in [-0.05, 0) is 25.1 Å². The first kappa shape index (κ1) is 14.9. The van der Waals surface area contributed by atoms with Crippen molar-refractivity contribution >= 4 is 15.9 Å².